The number of ether oxygens (including phenoxy) is 1. The van der Waals surface area contributed by atoms with Gasteiger partial charge in [0.25, 0.3) is 6.47 Å². The minimum atomic E-state index is -0.250. The number of hydrogen-bond donors (Lipinski definition) is 2. The lowest BCUT2D eigenvalue weighted by atomic mass is 9.91. The first-order valence-electron chi connectivity index (χ1n) is 14.2. The number of piperidine rings is 1. The number of morpholine rings is 1. The molecule has 0 radical (unpaired) electrons. The molecule has 212 valence electrons. The van der Waals surface area contributed by atoms with Gasteiger partial charge in [-0.25, -0.2) is 9.78 Å². The maximum atomic E-state index is 12.9. The molecule has 1 aromatic carbocycles. The third-order valence-corrected chi connectivity index (χ3v) is 8.25. The highest BCUT2D eigenvalue weighted by Gasteiger charge is 2.26. The summed E-state index contributed by atoms with van der Waals surface area (Å²) in [6.45, 7) is 11.2. The standard InChI is InChI=1S/C29H41N5O2.CH2O2/c1-4-22-7-12-34(20-22)29(35)30-25-6-5-21(2)26(19-25)24-17-27(23-8-10-32(3)11-9-23)31-28(18-24)33-13-15-36-16-14-33;2-1-3/h5-6,17-19,22-23H,4,7-16,20H2,1-3H3,(H,30,35);1H,(H,2,3)/t22-;/m1./s1. The minimum Gasteiger partial charge on any atom is -0.483 e. The molecule has 3 saturated heterocycles. The average molecular weight is 538 g/mol. The fraction of sp³-hybridized carbons (Fsp3) is 0.567. The average Bonchev–Trinajstić information content (AvgIpc) is 3.45. The van der Waals surface area contributed by atoms with Crippen LogP contribution < -0.4 is 10.2 Å². The van der Waals surface area contributed by atoms with Crippen molar-refractivity contribution in [1.29, 1.82) is 0 Å². The zero-order valence-corrected chi connectivity index (χ0v) is 23.6. The van der Waals surface area contributed by atoms with E-state index in [1.807, 2.05) is 11.0 Å². The van der Waals surface area contributed by atoms with Crippen molar-refractivity contribution >= 4 is 24.0 Å². The van der Waals surface area contributed by atoms with Gasteiger partial charge in [-0.15, -0.1) is 0 Å². The van der Waals surface area contributed by atoms with Crippen LogP contribution in [0.5, 0.6) is 0 Å². The molecule has 39 heavy (non-hydrogen) atoms. The first-order valence-corrected chi connectivity index (χ1v) is 14.2. The van der Waals surface area contributed by atoms with Crippen LogP contribution in [0.3, 0.4) is 0 Å². The number of carbonyl (C=O) groups is 2. The Bertz CT molecular complexity index is 1110. The van der Waals surface area contributed by atoms with E-state index < -0.39 is 0 Å². The highest BCUT2D eigenvalue weighted by Crippen LogP contribution is 2.35. The normalized spacial score (nSPS) is 20.3. The Balaban J connectivity index is 0.00000112. The second kappa shape index (κ2) is 13.8. The highest BCUT2D eigenvalue weighted by atomic mass is 16.5. The van der Waals surface area contributed by atoms with E-state index in [2.05, 4.69) is 60.3 Å². The largest absolute Gasteiger partial charge is 0.483 e. The summed E-state index contributed by atoms with van der Waals surface area (Å²) in [5, 5.41) is 10.1. The van der Waals surface area contributed by atoms with Crippen LogP contribution in [0.4, 0.5) is 16.3 Å². The molecule has 9 nitrogen and oxygen atoms in total. The van der Waals surface area contributed by atoms with E-state index in [9.17, 15) is 4.79 Å². The predicted octanol–water partition coefficient (Wildman–Crippen LogP) is 4.67. The molecular formula is C30H43N5O4. The van der Waals surface area contributed by atoms with Crippen LogP contribution >= 0.6 is 0 Å². The van der Waals surface area contributed by atoms with E-state index in [0.717, 1.165) is 95.2 Å². The third-order valence-electron chi connectivity index (χ3n) is 8.25. The molecule has 2 amide bonds. The molecule has 2 N–H and O–H groups in total. The Morgan fingerprint density at radius 3 is 2.49 bits per heavy atom. The Kier molecular flexibility index (Phi) is 10.2. The quantitative estimate of drug-likeness (QED) is 0.535. The first-order chi connectivity index (χ1) is 18.9. The molecule has 3 fully saturated rings. The Morgan fingerprint density at radius 2 is 1.82 bits per heavy atom. The van der Waals surface area contributed by atoms with Gasteiger partial charge < -0.3 is 29.9 Å². The van der Waals surface area contributed by atoms with Crippen molar-refractivity contribution in [2.75, 3.05) is 69.7 Å². The van der Waals surface area contributed by atoms with Crippen LogP contribution in [-0.4, -0.2) is 91.9 Å². The van der Waals surface area contributed by atoms with E-state index in [1.165, 1.54) is 16.8 Å². The molecule has 0 aliphatic carbocycles. The smallest absolute Gasteiger partial charge is 0.321 e. The predicted molar refractivity (Wildman–Crippen MR) is 155 cm³/mol. The van der Waals surface area contributed by atoms with Crippen LogP contribution in [0.15, 0.2) is 30.3 Å². The first kappa shape index (κ1) is 28.8. The lowest BCUT2D eigenvalue weighted by molar-refractivity contribution is -0.122. The molecular weight excluding hydrogens is 494 g/mol. The van der Waals surface area contributed by atoms with Gasteiger partial charge >= 0.3 is 6.03 Å². The number of nitrogens with zero attached hydrogens (tertiary/aromatic N) is 4. The van der Waals surface area contributed by atoms with E-state index >= 15 is 0 Å². The fourth-order valence-corrected chi connectivity index (χ4v) is 5.72. The topological polar surface area (TPSA) is 98.2 Å². The summed E-state index contributed by atoms with van der Waals surface area (Å²) in [7, 11) is 2.20. The van der Waals surface area contributed by atoms with Crippen molar-refractivity contribution in [2.24, 2.45) is 5.92 Å². The van der Waals surface area contributed by atoms with Crippen LogP contribution in [0, 0.1) is 12.8 Å². The Hall–Kier alpha value is -3.17. The lowest BCUT2D eigenvalue weighted by Crippen LogP contribution is -2.37. The number of carbonyl (C=O) groups excluding carboxylic acids is 1. The molecule has 3 aliphatic heterocycles. The molecule has 1 aromatic heterocycles. The number of likely N-dealkylation sites (tertiary alicyclic amines) is 2. The molecule has 3 aliphatic rings. The monoisotopic (exact) mass is 537 g/mol. The van der Waals surface area contributed by atoms with Crippen molar-refractivity contribution in [3.8, 4) is 11.1 Å². The van der Waals surface area contributed by atoms with Crippen molar-refractivity contribution in [3.05, 3.63) is 41.6 Å². The SMILES string of the molecule is CC[C@@H]1CCN(C(=O)Nc2ccc(C)c(-c3cc(C4CCN(C)CC4)nc(N4CCOCC4)c3)c2)C1.O=CO. The van der Waals surface area contributed by atoms with Gasteiger partial charge in [-0.2, -0.15) is 0 Å². The van der Waals surface area contributed by atoms with Crippen LogP contribution in [0.2, 0.25) is 0 Å². The molecule has 9 heteroatoms. The zero-order valence-electron chi connectivity index (χ0n) is 23.6. The number of aryl methyl sites for hydroxylation is 1. The van der Waals surface area contributed by atoms with Crippen molar-refractivity contribution in [1.82, 2.24) is 14.8 Å². The zero-order chi connectivity index (χ0) is 27.8. The molecule has 0 spiro atoms. The molecule has 2 aromatic rings. The van der Waals surface area contributed by atoms with Gasteiger partial charge in [-0.3, -0.25) is 4.79 Å². The molecule has 0 unspecified atom stereocenters. The molecule has 5 rings (SSSR count). The maximum absolute atomic E-state index is 12.9. The van der Waals surface area contributed by atoms with Crippen LogP contribution in [-0.2, 0) is 9.53 Å². The summed E-state index contributed by atoms with van der Waals surface area (Å²) >= 11 is 0. The van der Waals surface area contributed by atoms with Crippen molar-refractivity contribution < 1.29 is 19.4 Å². The number of urea groups is 1. The molecule has 0 saturated carbocycles. The lowest BCUT2D eigenvalue weighted by Gasteiger charge is -2.31. The van der Waals surface area contributed by atoms with Crippen LogP contribution in [0.25, 0.3) is 11.1 Å². The van der Waals surface area contributed by atoms with E-state index in [1.54, 1.807) is 0 Å². The van der Waals surface area contributed by atoms with E-state index in [4.69, 9.17) is 19.6 Å². The van der Waals surface area contributed by atoms with Crippen molar-refractivity contribution in [3.63, 3.8) is 0 Å². The Labute approximate surface area is 232 Å². The number of rotatable bonds is 5. The second-order valence-corrected chi connectivity index (χ2v) is 10.9. The number of benzene rings is 1. The van der Waals surface area contributed by atoms with Gasteiger partial charge in [0.2, 0.25) is 0 Å². The van der Waals surface area contributed by atoms with Gasteiger partial charge in [0.1, 0.15) is 5.82 Å². The van der Waals surface area contributed by atoms with E-state index in [0.29, 0.717) is 11.8 Å². The number of anilines is 2. The minimum absolute atomic E-state index is 0.0106. The van der Waals surface area contributed by atoms with Crippen molar-refractivity contribution in [2.45, 2.75) is 45.4 Å². The number of amides is 2. The second-order valence-electron chi connectivity index (χ2n) is 10.9. The number of nitrogens with one attached hydrogen (secondary N) is 1. The van der Waals surface area contributed by atoms with Crippen LogP contribution in [0.1, 0.15) is 49.8 Å². The summed E-state index contributed by atoms with van der Waals surface area (Å²) in [6.07, 6.45) is 4.51. The summed E-state index contributed by atoms with van der Waals surface area (Å²) in [4.78, 5) is 33.2. The Morgan fingerprint density at radius 1 is 1.10 bits per heavy atom. The summed E-state index contributed by atoms with van der Waals surface area (Å²) < 4.78 is 5.60. The van der Waals surface area contributed by atoms with Gasteiger partial charge in [-0.05, 0) is 93.2 Å². The summed E-state index contributed by atoms with van der Waals surface area (Å²) in [5.41, 5.74) is 5.59. The van der Waals surface area contributed by atoms with Gasteiger partial charge in [0, 0.05) is 43.5 Å². The van der Waals surface area contributed by atoms with E-state index in [-0.39, 0.29) is 12.5 Å². The maximum Gasteiger partial charge on any atom is 0.321 e. The van der Waals surface area contributed by atoms with Gasteiger partial charge in [0.05, 0.1) is 13.2 Å². The number of aromatic nitrogens is 1. The molecule has 1 atom stereocenters. The fourth-order valence-electron chi connectivity index (χ4n) is 5.72. The third kappa shape index (κ3) is 7.48. The summed E-state index contributed by atoms with van der Waals surface area (Å²) in [5.74, 6) is 2.14. The number of hydrogen-bond acceptors (Lipinski definition) is 6. The highest BCUT2D eigenvalue weighted by molar-refractivity contribution is 5.90. The molecule has 0 bridgehead atoms. The molecule has 4 heterocycles. The van der Waals surface area contributed by atoms with Gasteiger partial charge in [-0.1, -0.05) is 19.4 Å². The number of carboxylic acid groups (broad SMARTS) is 1. The summed E-state index contributed by atoms with van der Waals surface area (Å²) in [6, 6.07) is 10.8. The van der Waals surface area contributed by atoms with Gasteiger partial charge in [0.15, 0.2) is 0 Å². The number of pyridine rings is 1.